The minimum atomic E-state index is 0.414. The molecular formula is C6H11NO. The Labute approximate surface area is 48.9 Å². The zero-order chi connectivity index (χ0) is 5.56. The maximum absolute atomic E-state index is 8.68. The van der Waals surface area contributed by atoms with Crippen LogP contribution in [0.25, 0.3) is 0 Å². The van der Waals surface area contributed by atoms with Gasteiger partial charge >= 0.3 is 0 Å². The van der Waals surface area contributed by atoms with Gasteiger partial charge in [-0.15, -0.1) is 0 Å². The van der Waals surface area contributed by atoms with Gasteiger partial charge in [-0.2, -0.15) is 0 Å². The van der Waals surface area contributed by atoms with Gasteiger partial charge in [-0.1, -0.05) is 0 Å². The van der Waals surface area contributed by atoms with Gasteiger partial charge in [0.25, 0.3) is 0 Å². The number of fused-ring (bicyclic) bond motifs is 1. The van der Waals surface area contributed by atoms with E-state index in [0.717, 1.165) is 24.9 Å². The number of hydrogen-bond acceptors (Lipinski definition) is 2. The molecule has 8 heavy (non-hydrogen) atoms. The van der Waals surface area contributed by atoms with Crippen LogP contribution >= 0.6 is 0 Å². The summed E-state index contributed by atoms with van der Waals surface area (Å²) in [6.45, 7) is 2.71. The SMILES string of the molecule is OC[C@@H]1C2CNC[C@H]21. The molecule has 0 aromatic heterocycles. The monoisotopic (exact) mass is 113 g/mol. The lowest BCUT2D eigenvalue weighted by atomic mass is 10.3. The van der Waals surface area contributed by atoms with Gasteiger partial charge in [0.15, 0.2) is 0 Å². The van der Waals surface area contributed by atoms with E-state index in [1.807, 2.05) is 0 Å². The number of nitrogens with one attached hydrogen (secondary N) is 1. The van der Waals surface area contributed by atoms with E-state index in [1.54, 1.807) is 0 Å². The van der Waals surface area contributed by atoms with Crippen LogP contribution in [-0.4, -0.2) is 24.8 Å². The number of hydrogen-bond donors (Lipinski definition) is 2. The van der Waals surface area contributed by atoms with Crippen LogP contribution < -0.4 is 5.32 Å². The number of rotatable bonds is 1. The largest absolute Gasteiger partial charge is 0.396 e. The van der Waals surface area contributed by atoms with Crippen molar-refractivity contribution >= 4 is 0 Å². The Hall–Kier alpha value is -0.0800. The molecule has 0 radical (unpaired) electrons. The van der Waals surface area contributed by atoms with E-state index in [9.17, 15) is 0 Å². The Bertz CT molecular complexity index is 87.9. The fourth-order valence-electron chi connectivity index (χ4n) is 1.82. The Balaban J connectivity index is 1.94. The van der Waals surface area contributed by atoms with E-state index in [0.29, 0.717) is 12.5 Å². The Kier molecular flexibility index (Phi) is 0.866. The smallest absolute Gasteiger partial charge is 0.0465 e. The van der Waals surface area contributed by atoms with Gasteiger partial charge in [-0.05, 0) is 30.8 Å². The molecular weight excluding hydrogens is 102 g/mol. The molecule has 0 spiro atoms. The van der Waals surface area contributed by atoms with E-state index in [4.69, 9.17) is 5.11 Å². The molecule has 2 rings (SSSR count). The van der Waals surface area contributed by atoms with Crippen molar-refractivity contribution in [2.45, 2.75) is 0 Å². The predicted octanol–water partition coefficient (Wildman–Crippen LogP) is -0.556. The van der Waals surface area contributed by atoms with Gasteiger partial charge in [0.05, 0.1) is 0 Å². The average molecular weight is 113 g/mol. The molecule has 2 aliphatic rings. The summed E-state index contributed by atoms with van der Waals surface area (Å²) in [5.41, 5.74) is 0. The molecule has 1 aliphatic heterocycles. The van der Waals surface area contributed by atoms with E-state index in [1.165, 1.54) is 0 Å². The number of aliphatic hydroxyl groups is 1. The van der Waals surface area contributed by atoms with Crippen LogP contribution in [0, 0.1) is 17.8 Å². The van der Waals surface area contributed by atoms with Crippen LogP contribution in [0.4, 0.5) is 0 Å². The fourth-order valence-corrected chi connectivity index (χ4v) is 1.82. The van der Waals surface area contributed by atoms with Gasteiger partial charge in [0.2, 0.25) is 0 Å². The van der Waals surface area contributed by atoms with Crippen molar-refractivity contribution in [2.24, 2.45) is 17.8 Å². The van der Waals surface area contributed by atoms with Crippen molar-refractivity contribution in [3.63, 3.8) is 0 Å². The lowest BCUT2D eigenvalue weighted by Gasteiger charge is -1.97. The molecule has 1 saturated carbocycles. The van der Waals surface area contributed by atoms with Crippen molar-refractivity contribution in [1.29, 1.82) is 0 Å². The summed E-state index contributed by atoms with van der Waals surface area (Å²) in [5.74, 6) is 2.33. The number of aliphatic hydroxyl groups excluding tert-OH is 1. The molecule has 1 saturated heterocycles. The third-order valence-electron chi connectivity index (χ3n) is 2.48. The molecule has 1 heterocycles. The molecule has 2 nitrogen and oxygen atoms in total. The van der Waals surface area contributed by atoms with Crippen LogP contribution in [0.3, 0.4) is 0 Å². The van der Waals surface area contributed by atoms with E-state index >= 15 is 0 Å². The lowest BCUT2D eigenvalue weighted by Crippen LogP contribution is -2.15. The molecule has 0 amide bonds. The summed E-state index contributed by atoms with van der Waals surface area (Å²) in [7, 11) is 0. The van der Waals surface area contributed by atoms with E-state index in [-0.39, 0.29) is 0 Å². The first-order chi connectivity index (χ1) is 3.93. The van der Waals surface area contributed by atoms with Gasteiger partial charge in [0.1, 0.15) is 0 Å². The summed E-state index contributed by atoms with van der Waals surface area (Å²) in [6, 6.07) is 0. The van der Waals surface area contributed by atoms with Crippen LogP contribution in [0.5, 0.6) is 0 Å². The Morgan fingerprint density at radius 3 is 2.38 bits per heavy atom. The van der Waals surface area contributed by atoms with Crippen molar-refractivity contribution in [2.75, 3.05) is 19.7 Å². The first-order valence-electron chi connectivity index (χ1n) is 3.25. The molecule has 0 bridgehead atoms. The first kappa shape index (κ1) is 4.77. The summed E-state index contributed by atoms with van der Waals surface area (Å²) in [5, 5.41) is 12.0. The highest BCUT2D eigenvalue weighted by Crippen LogP contribution is 2.47. The standard InChI is InChI=1S/C6H11NO/c8-3-6-4-1-7-2-5(4)6/h4-8H,1-3H2/t4-,5?,6+/m1/s1. The minimum Gasteiger partial charge on any atom is -0.396 e. The maximum Gasteiger partial charge on any atom is 0.0465 e. The summed E-state index contributed by atoms with van der Waals surface area (Å²) in [6.07, 6.45) is 0. The molecule has 1 unspecified atom stereocenters. The van der Waals surface area contributed by atoms with Crippen molar-refractivity contribution < 1.29 is 5.11 Å². The van der Waals surface area contributed by atoms with Gasteiger partial charge < -0.3 is 10.4 Å². The Morgan fingerprint density at radius 1 is 1.38 bits per heavy atom. The highest BCUT2D eigenvalue weighted by Gasteiger charge is 2.51. The topological polar surface area (TPSA) is 32.3 Å². The second kappa shape index (κ2) is 1.45. The van der Waals surface area contributed by atoms with E-state index in [2.05, 4.69) is 5.32 Å². The van der Waals surface area contributed by atoms with Crippen LogP contribution in [-0.2, 0) is 0 Å². The molecule has 0 aromatic rings. The van der Waals surface area contributed by atoms with Crippen molar-refractivity contribution in [1.82, 2.24) is 5.32 Å². The van der Waals surface area contributed by atoms with Crippen LogP contribution in [0.2, 0.25) is 0 Å². The zero-order valence-electron chi connectivity index (χ0n) is 4.80. The minimum absolute atomic E-state index is 0.414. The summed E-state index contributed by atoms with van der Waals surface area (Å²) >= 11 is 0. The Morgan fingerprint density at radius 2 is 2.00 bits per heavy atom. The maximum atomic E-state index is 8.68. The molecule has 1 aliphatic carbocycles. The second-order valence-corrected chi connectivity index (χ2v) is 2.83. The van der Waals surface area contributed by atoms with E-state index < -0.39 is 0 Å². The van der Waals surface area contributed by atoms with Crippen LogP contribution in [0.15, 0.2) is 0 Å². The lowest BCUT2D eigenvalue weighted by molar-refractivity contribution is 0.258. The summed E-state index contributed by atoms with van der Waals surface area (Å²) < 4.78 is 0. The molecule has 0 aromatic carbocycles. The predicted molar refractivity (Wildman–Crippen MR) is 30.4 cm³/mol. The van der Waals surface area contributed by atoms with Crippen molar-refractivity contribution in [3.05, 3.63) is 0 Å². The highest BCUT2D eigenvalue weighted by molar-refractivity contribution is 5.03. The zero-order valence-corrected chi connectivity index (χ0v) is 4.80. The average Bonchev–Trinajstić information content (AvgIpc) is 2.22. The molecule has 2 fully saturated rings. The summed E-state index contributed by atoms with van der Waals surface area (Å²) in [4.78, 5) is 0. The normalized spacial score (nSPS) is 51.4. The second-order valence-electron chi connectivity index (χ2n) is 2.83. The molecule has 46 valence electrons. The van der Waals surface area contributed by atoms with Crippen molar-refractivity contribution in [3.8, 4) is 0 Å². The third-order valence-corrected chi connectivity index (χ3v) is 2.48. The number of piperidine rings is 1. The molecule has 2 heteroatoms. The van der Waals surface area contributed by atoms with Gasteiger partial charge in [0, 0.05) is 6.61 Å². The highest BCUT2D eigenvalue weighted by atomic mass is 16.3. The van der Waals surface area contributed by atoms with Crippen LogP contribution in [0.1, 0.15) is 0 Å². The fraction of sp³-hybridized carbons (Fsp3) is 1.00. The molecule has 3 atom stereocenters. The molecule has 2 N–H and O–H groups in total. The van der Waals surface area contributed by atoms with Gasteiger partial charge in [-0.25, -0.2) is 0 Å². The third kappa shape index (κ3) is 0.446. The van der Waals surface area contributed by atoms with Gasteiger partial charge in [-0.3, -0.25) is 0 Å². The first-order valence-corrected chi connectivity index (χ1v) is 3.25. The quantitative estimate of drug-likeness (QED) is 0.478.